The van der Waals surface area contributed by atoms with Gasteiger partial charge < -0.3 is 9.16 Å². The standard InChI is InChI=1S/C21H29F3N2O3Si/c1-7-28-19(27)18-16(21(22,23)24)17(15-11-9-8-10-12-15)25-26(18)13-14-29-30(5,6)20(2,3)4/h8-12H,7,13-14H2,1-6H3. The Hall–Kier alpha value is -2.13. The zero-order valence-electron chi connectivity index (χ0n) is 18.3. The van der Waals surface area contributed by atoms with Gasteiger partial charge in [0.05, 0.1) is 19.8 Å². The van der Waals surface area contributed by atoms with Gasteiger partial charge in [-0.1, -0.05) is 51.1 Å². The predicted molar refractivity (Wildman–Crippen MR) is 112 cm³/mol. The number of aromatic nitrogens is 2. The average Bonchev–Trinajstić information content (AvgIpc) is 3.01. The van der Waals surface area contributed by atoms with Crippen molar-refractivity contribution >= 4 is 14.3 Å². The number of ether oxygens (including phenoxy) is 1. The summed E-state index contributed by atoms with van der Waals surface area (Å²) in [5, 5.41) is 4.12. The molecule has 5 nitrogen and oxygen atoms in total. The zero-order valence-corrected chi connectivity index (χ0v) is 19.3. The first-order valence-corrected chi connectivity index (χ1v) is 12.7. The molecule has 0 unspecified atom stereocenters. The molecule has 2 rings (SSSR count). The number of alkyl halides is 3. The van der Waals surface area contributed by atoms with Crippen molar-refractivity contribution in [3.8, 4) is 11.3 Å². The molecule has 0 saturated carbocycles. The lowest BCUT2D eigenvalue weighted by molar-refractivity contribution is -0.137. The molecule has 166 valence electrons. The molecule has 0 bridgehead atoms. The number of carbonyl (C=O) groups is 1. The molecule has 9 heteroatoms. The largest absolute Gasteiger partial charge is 0.461 e. The van der Waals surface area contributed by atoms with E-state index in [2.05, 4.69) is 39.0 Å². The van der Waals surface area contributed by atoms with Crippen molar-refractivity contribution in [1.82, 2.24) is 9.78 Å². The first-order chi connectivity index (χ1) is 13.8. The third-order valence-electron chi connectivity index (χ3n) is 5.32. The third-order valence-corrected chi connectivity index (χ3v) is 9.86. The molecule has 1 aromatic heterocycles. The van der Waals surface area contributed by atoms with Gasteiger partial charge in [0, 0.05) is 5.56 Å². The Labute approximate surface area is 176 Å². The topological polar surface area (TPSA) is 53.3 Å². The van der Waals surface area contributed by atoms with E-state index >= 15 is 0 Å². The molecule has 0 aliphatic rings. The Balaban J connectivity index is 2.51. The lowest BCUT2D eigenvalue weighted by Crippen LogP contribution is -2.41. The normalized spacial score (nSPS) is 12.8. The van der Waals surface area contributed by atoms with Crippen LogP contribution in [-0.2, 0) is 21.9 Å². The minimum Gasteiger partial charge on any atom is -0.461 e. The molecule has 0 amide bonds. The second-order valence-corrected chi connectivity index (χ2v) is 13.3. The molecule has 0 aliphatic heterocycles. The highest BCUT2D eigenvalue weighted by Gasteiger charge is 2.43. The predicted octanol–water partition coefficient (Wildman–Crippen LogP) is 5.77. The van der Waals surface area contributed by atoms with E-state index in [1.165, 1.54) is 12.1 Å². The fraction of sp³-hybridized carbons (Fsp3) is 0.524. The Kier molecular flexibility index (Phi) is 7.19. The molecular weight excluding hydrogens is 413 g/mol. The SMILES string of the molecule is CCOC(=O)c1c(C(F)(F)F)c(-c2ccccc2)nn1CCO[Si](C)(C)C(C)(C)C. The molecule has 2 aromatic rings. The first-order valence-electron chi connectivity index (χ1n) is 9.84. The van der Waals surface area contributed by atoms with Crippen LogP contribution in [0.3, 0.4) is 0 Å². The van der Waals surface area contributed by atoms with Gasteiger partial charge in [-0.3, -0.25) is 4.68 Å². The van der Waals surface area contributed by atoms with Crippen LogP contribution in [0.25, 0.3) is 11.3 Å². The van der Waals surface area contributed by atoms with Crippen molar-refractivity contribution in [2.45, 2.75) is 58.5 Å². The first kappa shape index (κ1) is 24.1. The lowest BCUT2D eigenvalue weighted by atomic mass is 10.1. The minimum absolute atomic E-state index is 0.0105. The van der Waals surface area contributed by atoms with Crippen LogP contribution in [0.1, 0.15) is 43.7 Å². The van der Waals surface area contributed by atoms with Crippen LogP contribution in [0.2, 0.25) is 18.1 Å². The van der Waals surface area contributed by atoms with E-state index in [-0.39, 0.29) is 36.1 Å². The van der Waals surface area contributed by atoms with Gasteiger partial charge >= 0.3 is 12.1 Å². The maximum Gasteiger partial charge on any atom is 0.420 e. The number of benzene rings is 1. The molecule has 0 spiro atoms. The molecule has 0 aliphatic carbocycles. The number of nitrogens with zero attached hydrogens (tertiary/aromatic N) is 2. The van der Waals surface area contributed by atoms with Crippen molar-refractivity contribution < 1.29 is 27.1 Å². The third kappa shape index (κ3) is 5.31. The summed E-state index contributed by atoms with van der Waals surface area (Å²) in [5.74, 6) is -1.05. The molecule has 1 aromatic carbocycles. The summed E-state index contributed by atoms with van der Waals surface area (Å²) in [6.45, 7) is 12.0. The number of carbonyl (C=O) groups excluding carboxylic acids is 1. The number of rotatable bonds is 7. The van der Waals surface area contributed by atoms with E-state index in [1.54, 1.807) is 25.1 Å². The van der Waals surface area contributed by atoms with Gasteiger partial charge in [0.15, 0.2) is 14.0 Å². The molecule has 30 heavy (non-hydrogen) atoms. The van der Waals surface area contributed by atoms with Crippen LogP contribution in [0, 0.1) is 0 Å². The van der Waals surface area contributed by atoms with E-state index in [4.69, 9.17) is 9.16 Å². The van der Waals surface area contributed by atoms with Gasteiger partial charge in [0.2, 0.25) is 0 Å². The van der Waals surface area contributed by atoms with Gasteiger partial charge in [-0.2, -0.15) is 18.3 Å². The molecule has 1 heterocycles. The molecule has 0 radical (unpaired) electrons. The summed E-state index contributed by atoms with van der Waals surface area (Å²) in [6.07, 6.45) is -4.77. The van der Waals surface area contributed by atoms with Crippen molar-refractivity contribution in [1.29, 1.82) is 0 Å². The van der Waals surface area contributed by atoms with Crippen molar-refractivity contribution in [2.75, 3.05) is 13.2 Å². The van der Waals surface area contributed by atoms with Gasteiger partial charge in [0.25, 0.3) is 0 Å². The lowest BCUT2D eigenvalue weighted by Gasteiger charge is -2.36. The monoisotopic (exact) mass is 442 g/mol. The van der Waals surface area contributed by atoms with Crippen LogP contribution in [0.5, 0.6) is 0 Å². The highest BCUT2D eigenvalue weighted by Crippen LogP contribution is 2.40. The van der Waals surface area contributed by atoms with Crippen molar-refractivity contribution in [3.05, 3.63) is 41.6 Å². The quantitative estimate of drug-likeness (QED) is 0.404. The Morgan fingerprint density at radius 2 is 1.73 bits per heavy atom. The Morgan fingerprint density at radius 1 is 1.13 bits per heavy atom. The van der Waals surface area contributed by atoms with E-state index in [0.29, 0.717) is 0 Å². The molecule has 0 atom stereocenters. The molecule has 0 fully saturated rings. The summed E-state index contributed by atoms with van der Waals surface area (Å²) in [6, 6.07) is 8.01. The summed E-state index contributed by atoms with van der Waals surface area (Å²) in [5.41, 5.74) is -1.69. The Bertz CT molecular complexity index is 872. The van der Waals surface area contributed by atoms with Crippen LogP contribution in [0.4, 0.5) is 13.2 Å². The van der Waals surface area contributed by atoms with Crippen molar-refractivity contribution in [2.24, 2.45) is 0 Å². The maximum absolute atomic E-state index is 14.0. The fourth-order valence-electron chi connectivity index (χ4n) is 2.70. The van der Waals surface area contributed by atoms with E-state index in [0.717, 1.165) is 4.68 Å². The minimum atomic E-state index is -4.77. The van der Waals surface area contributed by atoms with Crippen LogP contribution >= 0.6 is 0 Å². The van der Waals surface area contributed by atoms with E-state index < -0.39 is 31.7 Å². The summed E-state index contributed by atoms with van der Waals surface area (Å²) >= 11 is 0. The molecule has 0 saturated heterocycles. The fourth-order valence-corrected chi connectivity index (χ4v) is 3.74. The van der Waals surface area contributed by atoms with Crippen LogP contribution < -0.4 is 0 Å². The number of hydrogen-bond acceptors (Lipinski definition) is 4. The second-order valence-electron chi connectivity index (χ2n) is 8.49. The molecular formula is C21H29F3N2O3Si. The van der Waals surface area contributed by atoms with E-state index in [9.17, 15) is 18.0 Å². The smallest absolute Gasteiger partial charge is 0.420 e. The van der Waals surface area contributed by atoms with Crippen LogP contribution in [-0.4, -0.2) is 37.3 Å². The number of hydrogen-bond donors (Lipinski definition) is 0. The highest BCUT2D eigenvalue weighted by atomic mass is 28.4. The zero-order chi connectivity index (χ0) is 22.7. The maximum atomic E-state index is 14.0. The average molecular weight is 443 g/mol. The van der Waals surface area contributed by atoms with Gasteiger partial charge in [-0.25, -0.2) is 4.79 Å². The van der Waals surface area contributed by atoms with Gasteiger partial charge in [-0.05, 0) is 25.1 Å². The number of halogens is 3. The summed E-state index contributed by atoms with van der Waals surface area (Å²) in [7, 11) is -2.11. The number of esters is 1. The van der Waals surface area contributed by atoms with Gasteiger partial charge in [0.1, 0.15) is 11.3 Å². The summed E-state index contributed by atoms with van der Waals surface area (Å²) in [4.78, 5) is 12.5. The molecule has 0 N–H and O–H groups in total. The van der Waals surface area contributed by atoms with Crippen molar-refractivity contribution in [3.63, 3.8) is 0 Å². The van der Waals surface area contributed by atoms with E-state index in [1.807, 2.05) is 0 Å². The second kappa shape index (κ2) is 8.93. The Morgan fingerprint density at radius 3 is 2.23 bits per heavy atom. The van der Waals surface area contributed by atoms with Crippen LogP contribution in [0.15, 0.2) is 30.3 Å². The summed E-state index contributed by atoms with van der Waals surface area (Å²) < 4.78 is 54.0. The highest BCUT2D eigenvalue weighted by molar-refractivity contribution is 6.74. The van der Waals surface area contributed by atoms with Gasteiger partial charge in [-0.15, -0.1) is 0 Å².